The topological polar surface area (TPSA) is 20.2 Å². The van der Waals surface area contributed by atoms with Crippen LogP contribution in [0.2, 0.25) is 5.02 Å². The van der Waals surface area contributed by atoms with Gasteiger partial charge in [0.2, 0.25) is 0 Å². The molecule has 0 aliphatic rings. The van der Waals surface area contributed by atoms with Crippen LogP contribution in [0.25, 0.3) is 10.8 Å². The second kappa shape index (κ2) is 5.88. The molecule has 0 saturated heterocycles. The van der Waals surface area contributed by atoms with Crippen molar-refractivity contribution in [2.75, 3.05) is 0 Å². The van der Waals surface area contributed by atoms with Crippen LogP contribution >= 0.6 is 11.6 Å². The zero-order chi connectivity index (χ0) is 14.8. The molecule has 3 aromatic carbocycles. The molecule has 3 rings (SSSR count). The Morgan fingerprint density at radius 1 is 1.00 bits per heavy atom. The molecule has 1 atom stereocenters. The van der Waals surface area contributed by atoms with Crippen molar-refractivity contribution in [1.82, 2.24) is 0 Å². The van der Waals surface area contributed by atoms with Gasteiger partial charge in [0.15, 0.2) is 0 Å². The molecule has 0 fully saturated rings. The van der Waals surface area contributed by atoms with Gasteiger partial charge in [-0.3, -0.25) is 0 Å². The molecule has 1 unspecified atom stereocenters. The van der Waals surface area contributed by atoms with Crippen molar-refractivity contribution >= 4 is 22.4 Å². The second-order valence-electron chi connectivity index (χ2n) is 5.37. The summed E-state index contributed by atoms with van der Waals surface area (Å²) in [6.45, 7) is 1.96. The second-order valence-corrected chi connectivity index (χ2v) is 5.77. The van der Waals surface area contributed by atoms with E-state index in [2.05, 4.69) is 24.3 Å². The summed E-state index contributed by atoms with van der Waals surface area (Å²) in [5.74, 6) is 0. The fraction of sp³-hybridized carbons (Fsp3) is 0.158. The van der Waals surface area contributed by atoms with Gasteiger partial charge < -0.3 is 5.11 Å². The first kappa shape index (κ1) is 14.1. The minimum absolute atomic E-state index is 0.547. The number of aryl methyl sites for hydroxylation is 1. The van der Waals surface area contributed by atoms with Crippen LogP contribution in [0.1, 0.15) is 22.8 Å². The summed E-state index contributed by atoms with van der Waals surface area (Å²) in [5, 5.41) is 13.6. The molecule has 0 radical (unpaired) electrons. The van der Waals surface area contributed by atoms with Gasteiger partial charge in [0.05, 0.1) is 6.10 Å². The highest BCUT2D eigenvalue weighted by Crippen LogP contribution is 2.27. The Hall–Kier alpha value is -1.83. The first-order valence-corrected chi connectivity index (χ1v) is 7.44. The Morgan fingerprint density at radius 3 is 2.57 bits per heavy atom. The quantitative estimate of drug-likeness (QED) is 0.715. The van der Waals surface area contributed by atoms with E-state index >= 15 is 0 Å². The predicted molar refractivity (Wildman–Crippen MR) is 88.8 cm³/mol. The molecule has 0 aromatic heterocycles. The van der Waals surface area contributed by atoms with Crippen LogP contribution < -0.4 is 0 Å². The van der Waals surface area contributed by atoms with E-state index in [-0.39, 0.29) is 0 Å². The van der Waals surface area contributed by atoms with Gasteiger partial charge in [-0.2, -0.15) is 0 Å². The van der Waals surface area contributed by atoms with E-state index in [0.717, 1.165) is 16.7 Å². The van der Waals surface area contributed by atoms with Crippen molar-refractivity contribution in [2.24, 2.45) is 0 Å². The van der Waals surface area contributed by atoms with Crippen LogP contribution in [0, 0.1) is 6.92 Å². The van der Waals surface area contributed by atoms with Gasteiger partial charge in [-0.25, -0.2) is 0 Å². The van der Waals surface area contributed by atoms with E-state index in [0.29, 0.717) is 11.4 Å². The Balaban J connectivity index is 1.92. The molecule has 0 aliphatic heterocycles. The van der Waals surface area contributed by atoms with E-state index < -0.39 is 6.10 Å². The molecule has 0 heterocycles. The molecule has 0 saturated carbocycles. The first-order valence-electron chi connectivity index (χ1n) is 7.06. The average molecular weight is 297 g/mol. The van der Waals surface area contributed by atoms with E-state index in [1.165, 1.54) is 10.8 Å². The summed E-state index contributed by atoms with van der Waals surface area (Å²) < 4.78 is 0. The van der Waals surface area contributed by atoms with Crippen LogP contribution in [-0.2, 0) is 6.42 Å². The molecule has 0 bridgehead atoms. The number of benzene rings is 3. The van der Waals surface area contributed by atoms with E-state index in [9.17, 15) is 5.11 Å². The molecule has 1 N–H and O–H groups in total. The van der Waals surface area contributed by atoms with Gasteiger partial charge >= 0.3 is 0 Å². The molecule has 1 nitrogen and oxygen atoms in total. The number of hydrogen-bond donors (Lipinski definition) is 1. The summed E-state index contributed by atoms with van der Waals surface area (Å²) in [7, 11) is 0. The van der Waals surface area contributed by atoms with Crippen LogP contribution in [0.3, 0.4) is 0 Å². The Morgan fingerprint density at radius 2 is 1.76 bits per heavy atom. The number of aliphatic hydroxyl groups excluding tert-OH is 1. The van der Waals surface area contributed by atoms with Crippen molar-refractivity contribution in [2.45, 2.75) is 19.4 Å². The van der Waals surface area contributed by atoms with Gasteiger partial charge in [-0.15, -0.1) is 0 Å². The minimum atomic E-state index is -0.547. The lowest BCUT2D eigenvalue weighted by Crippen LogP contribution is -2.02. The Labute approximate surface area is 129 Å². The summed E-state index contributed by atoms with van der Waals surface area (Å²) in [6, 6.07) is 20.2. The van der Waals surface area contributed by atoms with Crippen molar-refractivity contribution in [3.8, 4) is 0 Å². The van der Waals surface area contributed by atoms with Crippen LogP contribution in [-0.4, -0.2) is 5.11 Å². The summed E-state index contributed by atoms with van der Waals surface area (Å²) in [4.78, 5) is 0. The molecule has 0 amide bonds. The molecular weight excluding hydrogens is 280 g/mol. The first-order chi connectivity index (χ1) is 10.1. The van der Waals surface area contributed by atoms with Crippen molar-refractivity contribution in [1.29, 1.82) is 0 Å². The van der Waals surface area contributed by atoms with E-state index in [1.807, 2.05) is 43.3 Å². The molecule has 106 valence electrons. The van der Waals surface area contributed by atoms with Gasteiger partial charge in [0.25, 0.3) is 0 Å². The Kier molecular flexibility index (Phi) is 3.96. The lowest BCUT2D eigenvalue weighted by Gasteiger charge is -2.14. The molecule has 3 aromatic rings. The van der Waals surface area contributed by atoms with Crippen molar-refractivity contribution < 1.29 is 5.11 Å². The molecule has 0 spiro atoms. The predicted octanol–water partition coefficient (Wildman–Crippen LogP) is 5.08. The summed E-state index contributed by atoms with van der Waals surface area (Å²) >= 11 is 6.14. The van der Waals surface area contributed by atoms with Gasteiger partial charge in [0.1, 0.15) is 0 Å². The highest BCUT2D eigenvalue weighted by Gasteiger charge is 2.11. The van der Waals surface area contributed by atoms with Gasteiger partial charge in [-0.05, 0) is 40.5 Å². The van der Waals surface area contributed by atoms with E-state index in [1.54, 1.807) is 0 Å². The third-order valence-corrected chi connectivity index (χ3v) is 4.28. The monoisotopic (exact) mass is 296 g/mol. The smallest absolute Gasteiger partial charge is 0.0831 e. The van der Waals surface area contributed by atoms with E-state index in [4.69, 9.17) is 11.6 Å². The van der Waals surface area contributed by atoms with Crippen LogP contribution in [0.5, 0.6) is 0 Å². The zero-order valence-electron chi connectivity index (χ0n) is 11.9. The van der Waals surface area contributed by atoms with Crippen molar-refractivity contribution in [3.63, 3.8) is 0 Å². The SMILES string of the molecule is Cc1ccc(C(O)Cc2cccc3ccccc23)cc1Cl. The maximum Gasteiger partial charge on any atom is 0.0831 e. The van der Waals surface area contributed by atoms with Crippen LogP contribution in [0.4, 0.5) is 0 Å². The highest BCUT2D eigenvalue weighted by atomic mass is 35.5. The summed E-state index contributed by atoms with van der Waals surface area (Å²) in [5.41, 5.74) is 3.04. The number of hydrogen-bond acceptors (Lipinski definition) is 1. The minimum Gasteiger partial charge on any atom is -0.388 e. The lowest BCUT2D eigenvalue weighted by atomic mass is 9.96. The fourth-order valence-corrected chi connectivity index (χ4v) is 2.80. The van der Waals surface area contributed by atoms with Gasteiger partial charge in [-0.1, -0.05) is 66.2 Å². The molecule has 0 aliphatic carbocycles. The fourth-order valence-electron chi connectivity index (χ4n) is 2.61. The van der Waals surface area contributed by atoms with Gasteiger partial charge in [0, 0.05) is 11.4 Å². The van der Waals surface area contributed by atoms with Crippen molar-refractivity contribution in [3.05, 3.63) is 82.4 Å². The maximum absolute atomic E-state index is 10.5. The number of aliphatic hydroxyl groups is 1. The third kappa shape index (κ3) is 2.94. The average Bonchev–Trinajstić information content (AvgIpc) is 2.50. The highest BCUT2D eigenvalue weighted by molar-refractivity contribution is 6.31. The lowest BCUT2D eigenvalue weighted by molar-refractivity contribution is 0.179. The van der Waals surface area contributed by atoms with Crippen LogP contribution in [0.15, 0.2) is 60.7 Å². The molecular formula is C19H17ClO. The number of rotatable bonds is 3. The Bertz CT molecular complexity index is 774. The zero-order valence-corrected chi connectivity index (χ0v) is 12.6. The standard InChI is InChI=1S/C19H17ClO/c1-13-9-10-16(11-18(13)20)19(21)12-15-7-4-6-14-5-2-3-8-17(14)15/h2-11,19,21H,12H2,1H3. The number of halogens is 1. The normalized spacial score (nSPS) is 12.5. The molecule has 21 heavy (non-hydrogen) atoms. The number of fused-ring (bicyclic) bond motifs is 1. The largest absolute Gasteiger partial charge is 0.388 e. The molecule has 2 heteroatoms. The summed E-state index contributed by atoms with van der Waals surface area (Å²) in [6.07, 6.45) is 0.0368. The third-order valence-electron chi connectivity index (χ3n) is 3.87. The maximum atomic E-state index is 10.5.